The van der Waals surface area contributed by atoms with Gasteiger partial charge in [0.25, 0.3) is 0 Å². The van der Waals surface area contributed by atoms with Gasteiger partial charge in [-0.1, -0.05) is 29.8 Å². The van der Waals surface area contributed by atoms with Gasteiger partial charge in [-0.05, 0) is 29.8 Å². The standard InChI is InChI=1S/C16H18ClN3/c17-14-6-4-13(5-7-14)16(15-3-1-2-8-19-15)20-11-9-18-10-12-20/h1-8,16,18H,9-12H2. The summed E-state index contributed by atoms with van der Waals surface area (Å²) in [6.45, 7) is 4.11. The largest absolute Gasteiger partial charge is 0.314 e. The SMILES string of the molecule is Clc1ccc(C(c2ccccn2)N2CCNCC2)cc1. The Morgan fingerprint density at radius 1 is 1.05 bits per heavy atom. The van der Waals surface area contributed by atoms with Gasteiger partial charge in [0.15, 0.2) is 0 Å². The van der Waals surface area contributed by atoms with Crippen LogP contribution in [0.2, 0.25) is 5.02 Å². The molecule has 0 spiro atoms. The first-order valence-corrected chi connectivity index (χ1v) is 7.33. The van der Waals surface area contributed by atoms with Crippen LogP contribution in [0.1, 0.15) is 17.3 Å². The van der Waals surface area contributed by atoms with Crippen LogP contribution in [0.4, 0.5) is 0 Å². The molecule has 1 aliphatic rings. The lowest BCUT2D eigenvalue weighted by Gasteiger charge is -2.35. The molecule has 104 valence electrons. The highest BCUT2D eigenvalue weighted by atomic mass is 35.5. The summed E-state index contributed by atoms with van der Waals surface area (Å²) in [5.41, 5.74) is 2.34. The van der Waals surface area contributed by atoms with Crippen LogP contribution in [-0.2, 0) is 0 Å². The predicted molar refractivity (Wildman–Crippen MR) is 82.0 cm³/mol. The first kappa shape index (κ1) is 13.6. The zero-order valence-electron chi connectivity index (χ0n) is 11.3. The molecule has 0 bridgehead atoms. The third-order valence-corrected chi connectivity index (χ3v) is 3.92. The van der Waals surface area contributed by atoms with E-state index in [4.69, 9.17) is 11.6 Å². The zero-order valence-corrected chi connectivity index (χ0v) is 12.1. The third kappa shape index (κ3) is 3.01. The van der Waals surface area contributed by atoms with Crippen molar-refractivity contribution in [3.63, 3.8) is 0 Å². The maximum absolute atomic E-state index is 6.01. The number of halogens is 1. The Bertz CT molecular complexity index is 535. The molecule has 3 rings (SSSR count). The van der Waals surface area contributed by atoms with Gasteiger partial charge in [-0.2, -0.15) is 0 Å². The van der Waals surface area contributed by atoms with E-state index in [0.717, 1.165) is 36.9 Å². The van der Waals surface area contributed by atoms with Gasteiger partial charge in [-0.25, -0.2) is 0 Å². The molecule has 1 fully saturated rings. The Morgan fingerprint density at radius 3 is 2.45 bits per heavy atom. The van der Waals surface area contributed by atoms with E-state index in [1.54, 1.807) is 0 Å². The van der Waals surface area contributed by atoms with E-state index in [9.17, 15) is 0 Å². The number of nitrogens with one attached hydrogen (secondary N) is 1. The summed E-state index contributed by atoms with van der Waals surface area (Å²) in [4.78, 5) is 7.03. The van der Waals surface area contributed by atoms with E-state index in [-0.39, 0.29) is 6.04 Å². The molecule has 1 N–H and O–H groups in total. The molecule has 0 aliphatic carbocycles. The molecule has 0 amide bonds. The summed E-state index contributed by atoms with van der Waals surface area (Å²) in [6, 6.07) is 14.4. The summed E-state index contributed by atoms with van der Waals surface area (Å²) in [5, 5.41) is 4.17. The second-order valence-corrected chi connectivity index (χ2v) is 5.43. The molecule has 1 atom stereocenters. The molecule has 3 nitrogen and oxygen atoms in total. The maximum Gasteiger partial charge on any atom is 0.0777 e. The molecule has 20 heavy (non-hydrogen) atoms. The predicted octanol–water partition coefficient (Wildman–Crippen LogP) is 2.73. The molecule has 1 saturated heterocycles. The van der Waals surface area contributed by atoms with E-state index in [0.29, 0.717) is 0 Å². The number of aromatic nitrogens is 1. The van der Waals surface area contributed by atoms with Crippen molar-refractivity contribution in [3.05, 3.63) is 64.9 Å². The number of hydrogen-bond acceptors (Lipinski definition) is 3. The van der Waals surface area contributed by atoms with Crippen molar-refractivity contribution in [2.75, 3.05) is 26.2 Å². The number of nitrogens with zero attached hydrogens (tertiary/aromatic N) is 2. The molecule has 2 aromatic rings. The number of pyridine rings is 1. The molecular weight excluding hydrogens is 270 g/mol. The highest BCUT2D eigenvalue weighted by Crippen LogP contribution is 2.28. The fourth-order valence-corrected chi connectivity index (χ4v) is 2.82. The number of piperazine rings is 1. The summed E-state index contributed by atoms with van der Waals surface area (Å²) in [5.74, 6) is 0. The van der Waals surface area contributed by atoms with Crippen LogP contribution in [0.25, 0.3) is 0 Å². The zero-order chi connectivity index (χ0) is 13.8. The highest BCUT2D eigenvalue weighted by molar-refractivity contribution is 6.30. The number of benzene rings is 1. The van der Waals surface area contributed by atoms with Crippen LogP contribution in [-0.4, -0.2) is 36.1 Å². The second-order valence-electron chi connectivity index (χ2n) is 4.99. The van der Waals surface area contributed by atoms with Crippen molar-refractivity contribution < 1.29 is 0 Å². The minimum absolute atomic E-state index is 0.204. The van der Waals surface area contributed by atoms with E-state index < -0.39 is 0 Å². The molecule has 0 radical (unpaired) electrons. The van der Waals surface area contributed by atoms with Crippen LogP contribution < -0.4 is 5.32 Å². The first-order chi connectivity index (χ1) is 9.84. The van der Waals surface area contributed by atoms with Gasteiger partial charge in [0.05, 0.1) is 11.7 Å². The monoisotopic (exact) mass is 287 g/mol. The van der Waals surface area contributed by atoms with Crippen LogP contribution in [0.3, 0.4) is 0 Å². The van der Waals surface area contributed by atoms with Crippen molar-refractivity contribution in [2.45, 2.75) is 6.04 Å². The van der Waals surface area contributed by atoms with Crippen molar-refractivity contribution in [3.8, 4) is 0 Å². The van der Waals surface area contributed by atoms with Gasteiger partial charge >= 0.3 is 0 Å². The summed E-state index contributed by atoms with van der Waals surface area (Å²) >= 11 is 6.01. The third-order valence-electron chi connectivity index (χ3n) is 3.67. The average molecular weight is 288 g/mol. The van der Waals surface area contributed by atoms with Crippen molar-refractivity contribution in [1.82, 2.24) is 15.2 Å². The number of rotatable bonds is 3. The Hall–Kier alpha value is -1.42. The maximum atomic E-state index is 6.01. The minimum Gasteiger partial charge on any atom is -0.314 e. The van der Waals surface area contributed by atoms with Gasteiger partial charge in [-0.15, -0.1) is 0 Å². The van der Waals surface area contributed by atoms with Crippen molar-refractivity contribution >= 4 is 11.6 Å². The van der Waals surface area contributed by atoms with Gasteiger partial charge in [-0.3, -0.25) is 9.88 Å². The summed E-state index contributed by atoms with van der Waals surface area (Å²) < 4.78 is 0. The highest BCUT2D eigenvalue weighted by Gasteiger charge is 2.24. The molecule has 1 aromatic carbocycles. The van der Waals surface area contributed by atoms with E-state index in [1.807, 2.05) is 30.5 Å². The fourth-order valence-electron chi connectivity index (χ4n) is 2.69. The van der Waals surface area contributed by atoms with E-state index >= 15 is 0 Å². The van der Waals surface area contributed by atoms with Crippen molar-refractivity contribution in [1.29, 1.82) is 0 Å². The Labute approximate surface area is 124 Å². The van der Waals surface area contributed by atoms with Crippen molar-refractivity contribution in [2.24, 2.45) is 0 Å². The topological polar surface area (TPSA) is 28.2 Å². The lowest BCUT2D eigenvalue weighted by molar-refractivity contribution is 0.195. The molecular formula is C16H18ClN3. The molecule has 0 saturated carbocycles. The summed E-state index contributed by atoms with van der Waals surface area (Å²) in [6.07, 6.45) is 1.86. The number of hydrogen-bond donors (Lipinski definition) is 1. The van der Waals surface area contributed by atoms with Crippen LogP contribution in [0.15, 0.2) is 48.7 Å². The van der Waals surface area contributed by atoms with E-state index in [2.05, 4.69) is 33.4 Å². The minimum atomic E-state index is 0.204. The van der Waals surface area contributed by atoms with Gasteiger partial charge < -0.3 is 5.32 Å². The Morgan fingerprint density at radius 2 is 1.80 bits per heavy atom. The lowest BCUT2D eigenvalue weighted by atomic mass is 10.0. The van der Waals surface area contributed by atoms with Gasteiger partial charge in [0, 0.05) is 37.4 Å². The Kier molecular flexibility index (Phi) is 4.31. The normalized spacial score (nSPS) is 17.9. The van der Waals surface area contributed by atoms with Crippen LogP contribution >= 0.6 is 11.6 Å². The summed E-state index contributed by atoms with van der Waals surface area (Å²) in [7, 11) is 0. The average Bonchev–Trinajstić information content (AvgIpc) is 2.52. The Balaban J connectivity index is 1.96. The smallest absolute Gasteiger partial charge is 0.0777 e. The molecule has 2 heterocycles. The molecule has 1 aliphatic heterocycles. The second kappa shape index (κ2) is 6.35. The van der Waals surface area contributed by atoms with Gasteiger partial charge in [0.2, 0.25) is 0 Å². The van der Waals surface area contributed by atoms with E-state index in [1.165, 1.54) is 5.56 Å². The van der Waals surface area contributed by atoms with Crippen LogP contribution in [0.5, 0.6) is 0 Å². The molecule has 1 unspecified atom stereocenters. The molecule has 4 heteroatoms. The lowest BCUT2D eigenvalue weighted by Crippen LogP contribution is -2.45. The van der Waals surface area contributed by atoms with Gasteiger partial charge in [0.1, 0.15) is 0 Å². The van der Waals surface area contributed by atoms with Crippen LogP contribution in [0, 0.1) is 0 Å². The first-order valence-electron chi connectivity index (χ1n) is 6.96. The fraction of sp³-hybridized carbons (Fsp3) is 0.312. The molecule has 1 aromatic heterocycles. The quantitative estimate of drug-likeness (QED) is 0.941.